The van der Waals surface area contributed by atoms with Crippen molar-refractivity contribution in [1.82, 2.24) is 15.1 Å². The van der Waals surface area contributed by atoms with Crippen molar-refractivity contribution in [1.29, 1.82) is 0 Å². The number of benzene rings is 1. The Morgan fingerprint density at radius 1 is 1.28 bits per heavy atom. The van der Waals surface area contributed by atoms with Crippen molar-refractivity contribution >= 4 is 17.6 Å². The van der Waals surface area contributed by atoms with Gasteiger partial charge in [-0.15, -0.1) is 0 Å². The van der Waals surface area contributed by atoms with Crippen LogP contribution in [0.15, 0.2) is 35.0 Å². The van der Waals surface area contributed by atoms with E-state index >= 15 is 0 Å². The van der Waals surface area contributed by atoms with Gasteiger partial charge in [-0.25, -0.2) is 14.2 Å². The van der Waals surface area contributed by atoms with Crippen LogP contribution < -0.4 is 9.47 Å². The Balaban J connectivity index is 1.49. The standard InChI is InChI=1S/C19H15ClFN3O5/c20-13-5-12(7-22-19(13)28-8-10-1-2-10)18-23-17(24-29-18)11-3-4-15(14(21)6-11)27-9-16(25)26/h3-7,10H,1-2,8-9H2,(H,25,26). The number of aliphatic carboxylic acids is 1. The number of nitrogens with zero attached hydrogens (tertiary/aromatic N) is 3. The Labute approximate surface area is 169 Å². The van der Waals surface area contributed by atoms with Crippen molar-refractivity contribution in [2.45, 2.75) is 12.8 Å². The van der Waals surface area contributed by atoms with Crippen LogP contribution >= 0.6 is 11.6 Å². The van der Waals surface area contributed by atoms with Crippen LogP contribution in [0.5, 0.6) is 11.6 Å². The number of pyridine rings is 1. The lowest BCUT2D eigenvalue weighted by Crippen LogP contribution is -2.10. The van der Waals surface area contributed by atoms with Crippen molar-refractivity contribution in [2.24, 2.45) is 5.92 Å². The Morgan fingerprint density at radius 2 is 2.10 bits per heavy atom. The summed E-state index contributed by atoms with van der Waals surface area (Å²) in [4.78, 5) is 18.9. The largest absolute Gasteiger partial charge is 0.479 e. The van der Waals surface area contributed by atoms with E-state index in [1.54, 1.807) is 6.07 Å². The Kier molecular flexibility index (Phi) is 5.30. The first-order chi connectivity index (χ1) is 14.0. The fourth-order valence-electron chi connectivity index (χ4n) is 2.48. The van der Waals surface area contributed by atoms with Gasteiger partial charge in [0.25, 0.3) is 5.89 Å². The van der Waals surface area contributed by atoms with Gasteiger partial charge in [0.1, 0.15) is 5.02 Å². The highest BCUT2D eigenvalue weighted by Crippen LogP contribution is 2.32. The molecule has 10 heteroatoms. The zero-order chi connectivity index (χ0) is 20.4. The molecule has 1 saturated carbocycles. The number of halogens is 2. The molecule has 0 bridgehead atoms. The molecule has 3 aromatic rings. The minimum absolute atomic E-state index is 0.147. The summed E-state index contributed by atoms with van der Waals surface area (Å²) in [5.74, 6) is -0.890. The van der Waals surface area contributed by atoms with Gasteiger partial charge in [0.05, 0.1) is 12.2 Å². The summed E-state index contributed by atoms with van der Waals surface area (Å²) in [6.07, 6.45) is 3.83. The number of aromatic nitrogens is 3. The second kappa shape index (κ2) is 8.04. The highest BCUT2D eigenvalue weighted by Gasteiger charge is 2.23. The summed E-state index contributed by atoms with van der Waals surface area (Å²) in [6.45, 7) is -0.0503. The van der Waals surface area contributed by atoms with Crippen LogP contribution in [-0.4, -0.2) is 39.4 Å². The van der Waals surface area contributed by atoms with E-state index in [9.17, 15) is 9.18 Å². The molecule has 1 aliphatic carbocycles. The molecule has 4 rings (SSSR count). The molecule has 0 amide bonds. The van der Waals surface area contributed by atoms with E-state index < -0.39 is 18.4 Å². The fourth-order valence-corrected chi connectivity index (χ4v) is 2.71. The van der Waals surface area contributed by atoms with Gasteiger partial charge in [0, 0.05) is 11.8 Å². The second-order valence-corrected chi connectivity index (χ2v) is 6.92. The van der Waals surface area contributed by atoms with Crippen LogP contribution in [0.1, 0.15) is 12.8 Å². The highest BCUT2D eigenvalue weighted by atomic mass is 35.5. The van der Waals surface area contributed by atoms with Gasteiger partial charge in [-0.2, -0.15) is 4.98 Å². The van der Waals surface area contributed by atoms with Crippen LogP contribution in [0, 0.1) is 11.7 Å². The normalized spacial score (nSPS) is 13.3. The van der Waals surface area contributed by atoms with Gasteiger partial charge >= 0.3 is 5.97 Å². The van der Waals surface area contributed by atoms with Crippen LogP contribution in [0.4, 0.5) is 4.39 Å². The molecule has 2 aromatic heterocycles. The van der Waals surface area contributed by atoms with E-state index in [-0.39, 0.29) is 17.5 Å². The maximum atomic E-state index is 14.1. The average Bonchev–Trinajstić information content (AvgIpc) is 3.39. The zero-order valence-electron chi connectivity index (χ0n) is 15.0. The molecule has 0 saturated heterocycles. The third kappa shape index (κ3) is 4.62. The molecule has 29 heavy (non-hydrogen) atoms. The lowest BCUT2D eigenvalue weighted by atomic mass is 10.2. The smallest absolute Gasteiger partial charge is 0.341 e. The Bertz CT molecular complexity index is 1050. The van der Waals surface area contributed by atoms with Crippen LogP contribution in [-0.2, 0) is 4.79 Å². The monoisotopic (exact) mass is 419 g/mol. The summed E-state index contributed by atoms with van der Waals surface area (Å²) in [6, 6.07) is 5.53. The molecule has 1 aromatic carbocycles. The molecular weight excluding hydrogens is 405 g/mol. The van der Waals surface area contributed by atoms with Crippen molar-refractivity contribution in [3.63, 3.8) is 0 Å². The van der Waals surface area contributed by atoms with Gasteiger partial charge in [-0.1, -0.05) is 16.8 Å². The summed E-state index contributed by atoms with van der Waals surface area (Å²) in [7, 11) is 0. The molecule has 2 heterocycles. The average molecular weight is 420 g/mol. The minimum Gasteiger partial charge on any atom is -0.479 e. The summed E-state index contributed by atoms with van der Waals surface area (Å²) >= 11 is 6.21. The van der Waals surface area contributed by atoms with Crippen molar-refractivity contribution in [3.8, 4) is 34.5 Å². The minimum atomic E-state index is -1.20. The molecule has 0 spiro atoms. The van der Waals surface area contributed by atoms with Gasteiger partial charge in [-0.05, 0) is 43.0 Å². The SMILES string of the molecule is O=C(O)COc1ccc(-c2noc(-c3cnc(OCC4CC4)c(Cl)c3)n2)cc1F. The number of carbonyl (C=O) groups is 1. The van der Waals surface area contributed by atoms with Crippen molar-refractivity contribution in [2.75, 3.05) is 13.2 Å². The predicted octanol–water partition coefficient (Wildman–Crippen LogP) is 3.84. The third-order valence-corrected chi connectivity index (χ3v) is 4.45. The van der Waals surface area contributed by atoms with Gasteiger partial charge in [0.15, 0.2) is 18.2 Å². The molecule has 1 aliphatic rings. The molecular formula is C19H15ClFN3O5. The quantitative estimate of drug-likeness (QED) is 0.586. The topological polar surface area (TPSA) is 108 Å². The first-order valence-corrected chi connectivity index (χ1v) is 9.14. The number of hydrogen-bond donors (Lipinski definition) is 1. The molecule has 1 fully saturated rings. The highest BCUT2D eigenvalue weighted by molar-refractivity contribution is 6.32. The zero-order valence-corrected chi connectivity index (χ0v) is 15.7. The van der Waals surface area contributed by atoms with E-state index in [1.807, 2.05) is 0 Å². The van der Waals surface area contributed by atoms with Crippen molar-refractivity contribution < 1.29 is 28.3 Å². The Hall–Kier alpha value is -3.20. The summed E-state index contributed by atoms with van der Waals surface area (Å²) < 4.78 is 29.8. The lowest BCUT2D eigenvalue weighted by molar-refractivity contribution is -0.139. The van der Waals surface area contributed by atoms with Gasteiger partial charge in [-0.3, -0.25) is 0 Å². The number of hydrogen-bond acceptors (Lipinski definition) is 7. The maximum Gasteiger partial charge on any atom is 0.341 e. The number of rotatable bonds is 8. The molecule has 0 atom stereocenters. The van der Waals surface area contributed by atoms with Crippen molar-refractivity contribution in [3.05, 3.63) is 41.3 Å². The first kappa shape index (κ1) is 19.1. The lowest BCUT2D eigenvalue weighted by Gasteiger charge is -2.06. The predicted molar refractivity (Wildman–Crippen MR) is 99.3 cm³/mol. The second-order valence-electron chi connectivity index (χ2n) is 6.52. The molecule has 0 aliphatic heterocycles. The van der Waals surface area contributed by atoms with Gasteiger partial charge in [0.2, 0.25) is 11.7 Å². The molecule has 1 N–H and O–H groups in total. The summed E-state index contributed by atoms with van der Waals surface area (Å²) in [5.41, 5.74) is 0.832. The molecule has 150 valence electrons. The molecule has 8 nitrogen and oxygen atoms in total. The van der Waals surface area contributed by atoms with Crippen LogP contribution in [0.25, 0.3) is 22.8 Å². The van der Waals surface area contributed by atoms with E-state index in [4.69, 9.17) is 30.7 Å². The van der Waals surface area contributed by atoms with E-state index in [0.29, 0.717) is 34.6 Å². The number of carboxylic acids is 1. The van der Waals surface area contributed by atoms with E-state index in [0.717, 1.165) is 18.9 Å². The first-order valence-electron chi connectivity index (χ1n) is 8.76. The van der Waals surface area contributed by atoms with E-state index in [2.05, 4.69) is 15.1 Å². The Morgan fingerprint density at radius 3 is 2.79 bits per heavy atom. The van der Waals surface area contributed by atoms with Crippen LogP contribution in [0.2, 0.25) is 5.02 Å². The van der Waals surface area contributed by atoms with Gasteiger partial charge < -0.3 is 19.1 Å². The third-order valence-electron chi connectivity index (χ3n) is 4.17. The fraction of sp³-hybridized carbons (Fsp3) is 0.263. The van der Waals surface area contributed by atoms with Crippen LogP contribution in [0.3, 0.4) is 0 Å². The maximum absolute atomic E-state index is 14.1. The number of ether oxygens (including phenoxy) is 2. The van der Waals surface area contributed by atoms with E-state index in [1.165, 1.54) is 18.3 Å². The summed E-state index contributed by atoms with van der Waals surface area (Å²) in [5, 5.41) is 12.8. The molecule has 0 unspecified atom stereocenters. The number of carboxylic acid groups (broad SMARTS) is 1. The molecule has 0 radical (unpaired) electrons.